The van der Waals surface area contributed by atoms with Crippen molar-refractivity contribution in [3.63, 3.8) is 0 Å². The van der Waals surface area contributed by atoms with Crippen molar-refractivity contribution in [1.29, 1.82) is 0 Å². The maximum atomic E-state index is 9.62. The first-order valence-corrected chi connectivity index (χ1v) is 6.44. The molecule has 0 amide bonds. The molecule has 1 nitrogen and oxygen atoms in total. The molecule has 1 aliphatic rings. The van der Waals surface area contributed by atoms with E-state index in [1.807, 2.05) is 6.07 Å². The van der Waals surface area contributed by atoms with Crippen molar-refractivity contribution >= 4 is 15.9 Å². The van der Waals surface area contributed by atoms with E-state index >= 15 is 0 Å². The van der Waals surface area contributed by atoms with E-state index in [1.54, 1.807) is 0 Å². The summed E-state index contributed by atoms with van der Waals surface area (Å²) in [5, 5.41) is 9.62. The average Bonchev–Trinajstić information content (AvgIpc) is 2.61. The van der Waals surface area contributed by atoms with Gasteiger partial charge in [-0.15, -0.1) is 0 Å². The van der Waals surface area contributed by atoms with Gasteiger partial charge in [0.25, 0.3) is 0 Å². The third kappa shape index (κ3) is 1.92. The first kappa shape index (κ1) is 11.0. The van der Waals surface area contributed by atoms with Crippen molar-refractivity contribution in [2.75, 3.05) is 0 Å². The molecule has 0 aromatic heterocycles. The Labute approximate surface area is 99.6 Å². The van der Waals surface area contributed by atoms with E-state index in [4.69, 9.17) is 0 Å². The second-order valence-corrected chi connectivity index (χ2v) is 5.39. The fourth-order valence-corrected chi connectivity index (χ4v) is 2.89. The molecule has 2 atom stereocenters. The van der Waals surface area contributed by atoms with Crippen LogP contribution in [0.1, 0.15) is 43.7 Å². The van der Waals surface area contributed by atoms with Gasteiger partial charge < -0.3 is 5.11 Å². The lowest BCUT2D eigenvalue weighted by Crippen LogP contribution is -2.05. The quantitative estimate of drug-likeness (QED) is 0.851. The van der Waals surface area contributed by atoms with Crippen LogP contribution in [0.2, 0.25) is 0 Å². The minimum absolute atomic E-state index is 0.374. The number of halogens is 1. The van der Waals surface area contributed by atoms with Crippen molar-refractivity contribution in [3.8, 4) is 5.75 Å². The summed E-state index contributed by atoms with van der Waals surface area (Å²) >= 11 is 3.40. The van der Waals surface area contributed by atoms with Gasteiger partial charge in [0.2, 0.25) is 0 Å². The molecule has 0 aliphatic heterocycles. The fourth-order valence-electron chi connectivity index (χ4n) is 2.52. The molecular formula is C13H17BrO. The molecule has 0 heterocycles. The lowest BCUT2D eigenvalue weighted by atomic mass is 9.87. The summed E-state index contributed by atoms with van der Waals surface area (Å²) in [6, 6.07) is 4.02. The summed E-state index contributed by atoms with van der Waals surface area (Å²) in [6.45, 7) is 4.57. The Balaban J connectivity index is 2.38. The second-order valence-electron chi connectivity index (χ2n) is 4.53. The van der Waals surface area contributed by atoms with E-state index in [2.05, 4.69) is 35.8 Å². The Morgan fingerprint density at radius 1 is 1.53 bits per heavy atom. The molecule has 2 unspecified atom stereocenters. The van der Waals surface area contributed by atoms with Crippen LogP contribution in [0.4, 0.5) is 0 Å². The molecule has 2 rings (SSSR count). The predicted octanol–water partition coefficient (Wildman–Crippen LogP) is 4.23. The van der Waals surface area contributed by atoms with E-state index < -0.39 is 0 Å². The van der Waals surface area contributed by atoms with Crippen molar-refractivity contribution in [3.05, 3.63) is 27.7 Å². The number of aryl methyl sites for hydroxylation is 1. The van der Waals surface area contributed by atoms with Crippen LogP contribution >= 0.6 is 15.9 Å². The lowest BCUT2D eigenvalue weighted by Gasteiger charge is -2.18. The van der Waals surface area contributed by atoms with Gasteiger partial charge in [-0.25, -0.2) is 0 Å². The van der Waals surface area contributed by atoms with E-state index in [-0.39, 0.29) is 0 Å². The van der Waals surface area contributed by atoms with Gasteiger partial charge in [0.15, 0.2) is 0 Å². The topological polar surface area (TPSA) is 20.2 Å². The molecule has 0 radical (unpaired) electrons. The number of phenolic OH excluding ortho intramolecular Hbond substituents is 1. The van der Waals surface area contributed by atoms with Crippen molar-refractivity contribution < 1.29 is 5.11 Å². The summed E-state index contributed by atoms with van der Waals surface area (Å²) in [5.74, 6) is 1.79. The van der Waals surface area contributed by atoms with Crippen LogP contribution in [-0.2, 0) is 6.42 Å². The maximum Gasteiger partial charge on any atom is 0.130 e. The molecule has 0 saturated carbocycles. The number of phenols is 1. The van der Waals surface area contributed by atoms with Crippen LogP contribution in [0.3, 0.4) is 0 Å². The van der Waals surface area contributed by atoms with E-state index in [0.29, 0.717) is 11.7 Å². The van der Waals surface area contributed by atoms with Gasteiger partial charge >= 0.3 is 0 Å². The predicted molar refractivity (Wildman–Crippen MR) is 66.3 cm³/mol. The van der Waals surface area contributed by atoms with Crippen LogP contribution in [0.15, 0.2) is 16.6 Å². The highest BCUT2D eigenvalue weighted by atomic mass is 79.9. The Bertz CT molecular complexity index is 373. The molecular weight excluding hydrogens is 252 g/mol. The molecule has 0 fully saturated rings. The number of fused-ring (bicyclic) bond motifs is 1. The van der Waals surface area contributed by atoms with Gasteiger partial charge in [-0.05, 0) is 63.9 Å². The Kier molecular flexibility index (Phi) is 3.06. The minimum Gasteiger partial charge on any atom is -0.507 e. The lowest BCUT2D eigenvalue weighted by molar-refractivity contribution is 0.443. The average molecular weight is 269 g/mol. The molecule has 1 aromatic carbocycles. The van der Waals surface area contributed by atoms with Crippen LogP contribution < -0.4 is 0 Å². The summed E-state index contributed by atoms with van der Waals surface area (Å²) in [4.78, 5) is 0. The number of hydrogen-bond acceptors (Lipinski definition) is 1. The number of benzene rings is 1. The van der Waals surface area contributed by atoms with Gasteiger partial charge in [-0.2, -0.15) is 0 Å². The van der Waals surface area contributed by atoms with Gasteiger partial charge in [0.1, 0.15) is 5.75 Å². The zero-order valence-corrected chi connectivity index (χ0v) is 10.8. The Morgan fingerprint density at radius 3 is 2.93 bits per heavy atom. The molecule has 0 spiro atoms. The summed E-state index contributed by atoms with van der Waals surface area (Å²) in [6.07, 6.45) is 3.58. The molecule has 0 saturated heterocycles. The molecule has 15 heavy (non-hydrogen) atoms. The highest BCUT2D eigenvalue weighted by Crippen LogP contribution is 2.42. The smallest absolute Gasteiger partial charge is 0.130 e. The van der Waals surface area contributed by atoms with E-state index in [9.17, 15) is 5.11 Å². The molecule has 82 valence electrons. The first-order valence-electron chi connectivity index (χ1n) is 5.64. The number of rotatable bonds is 2. The van der Waals surface area contributed by atoms with Crippen LogP contribution in [0.25, 0.3) is 0 Å². The fraction of sp³-hybridized carbons (Fsp3) is 0.538. The van der Waals surface area contributed by atoms with Crippen LogP contribution in [0.5, 0.6) is 5.75 Å². The zero-order valence-electron chi connectivity index (χ0n) is 9.26. The van der Waals surface area contributed by atoms with E-state index in [1.165, 1.54) is 24.0 Å². The number of hydrogen-bond donors (Lipinski definition) is 1. The minimum atomic E-state index is 0.374. The van der Waals surface area contributed by atoms with Crippen molar-refractivity contribution in [2.45, 2.75) is 39.0 Å². The SMILES string of the molecule is CCC(C)C1CCc2cc(O)c(Br)cc21. The van der Waals surface area contributed by atoms with E-state index in [0.717, 1.165) is 16.8 Å². The maximum absolute atomic E-state index is 9.62. The zero-order chi connectivity index (χ0) is 11.0. The van der Waals surface area contributed by atoms with Crippen LogP contribution in [0, 0.1) is 5.92 Å². The van der Waals surface area contributed by atoms with Crippen molar-refractivity contribution in [1.82, 2.24) is 0 Å². The summed E-state index contributed by atoms with van der Waals surface area (Å²) in [7, 11) is 0. The summed E-state index contributed by atoms with van der Waals surface area (Å²) < 4.78 is 0.830. The molecule has 2 heteroatoms. The standard InChI is InChI=1S/C13H17BrO/c1-3-8(2)10-5-4-9-6-13(15)12(14)7-11(9)10/h6-8,10,15H,3-5H2,1-2H3. The Morgan fingerprint density at radius 2 is 2.27 bits per heavy atom. The molecule has 0 bridgehead atoms. The van der Waals surface area contributed by atoms with Gasteiger partial charge in [-0.1, -0.05) is 20.3 Å². The molecule has 1 aliphatic carbocycles. The third-order valence-corrected chi connectivity index (χ3v) is 4.30. The third-order valence-electron chi connectivity index (χ3n) is 3.66. The molecule has 1 aromatic rings. The second kappa shape index (κ2) is 4.17. The summed E-state index contributed by atoms with van der Waals surface area (Å²) in [5.41, 5.74) is 2.77. The van der Waals surface area contributed by atoms with Crippen LogP contribution in [-0.4, -0.2) is 5.11 Å². The Hall–Kier alpha value is -0.500. The number of aromatic hydroxyl groups is 1. The monoisotopic (exact) mass is 268 g/mol. The van der Waals surface area contributed by atoms with Gasteiger partial charge in [0.05, 0.1) is 4.47 Å². The highest BCUT2D eigenvalue weighted by molar-refractivity contribution is 9.10. The molecule has 1 N–H and O–H groups in total. The van der Waals surface area contributed by atoms with Gasteiger partial charge in [-0.3, -0.25) is 0 Å². The normalized spacial score (nSPS) is 21.4. The first-order chi connectivity index (χ1) is 7.13. The highest BCUT2D eigenvalue weighted by Gasteiger charge is 2.27. The van der Waals surface area contributed by atoms with Crippen molar-refractivity contribution in [2.24, 2.45) is 5.92 Å². The van der Waals surface area contributed by atoms with Gasteiger partial charge in [0, 0.05) is 0 Å². The largest absolute Gasteiger partial charge is 0.507 e.